The smallest absolute Gasteiger partial charge is 0.317 e. The number of urea groups is 1. The number of piperidine rings is 1. The summed E-state index contributed by atoms with van der Waals surface area (Å²) in [6, 6.07) is -0.0244. The lowest BCUT2D eigenvalue weighted by atomic mass is 9.99. The molecule has 1 N–H and O–H groups in total. The van der Waals surface area contributed by atoms with Gasteiger partial charge < -0.3 is 15.0 Å². The highest BCUT2D eigenvalue weighted by molar-refractivity contribution is 7.09. The van der Waals surface area contributed by atoms with E-state index in [1.54, 1.807) is 17.5 Å². The normalized spacial score (nSPS) is 20.7. The van der Waals surface area contributed by atoms with Gasteiger partial charge >= 0.3 is 6.03 Å². The van der Waals surface area contributed by atoms with E-state index in [1.165, 1.54) is 0 Å². The Bertz CT molecular complexity index is 411. The molecule has 2 atom stereocenters. The quantitative estimate of drug-likeness (QED) is 0.909. The second kappa shape index (κ2) is 7.59. The number of rotatable bonds is 5. The highest BCUT2D eigenvalue weighted by atomic mass is 32.1. The number of ether oxygens (including phenoxy) is 1. The summed E-state index contributed by atoms with van der Waals surface area (Å²) in [6.45, 7) is 7.09. The SMILES string of the molecule is CCOC[C@@H]1CCCN(C(=O)N[C@H](C)c2nccs2)C1. The lowest BCUT2D eigenvalue weighted by Gasteiger charge is -2.33. The standard InChI is InChI=1S/C14H23N3O2S/c1-3-19-10-12-5-4-7-17(9-12)14(18)16-11(2)13-15-6-8-20-13/h6,8,11-12H,3-5,7,9-10H2,1-2H3,(H,16,18)/t11-,12-/m1/s1. The fraction of sp³-hybridized carbons (Fsp3) is 0.714. The number of likely N-dealkylation sites (tertiary alicyclic amines) is 1. The molecule has 1 fully saturated rings. The molecule has 1 aromatic rings. The topological polar surface area (TPSA) is 54.5 Å². The second-order valence-electron chi connectivity index (χ2n) is 5.16. The Balaban J connectivity index is 1.82. The van der Waals surface area contributed by atoms with Gasteiger partial charge in [0.05, 0.1) is 12.6 Å². The van der Waals surface area contributed by atoms with Crippen molar-refractivity contribution < 1.29 is 9.53 Å². The van der Waals surface area contributed by atoms with Crippen molar-refractivity contribution in [2.24, 2.45) is 5.92 Å². The van der Waals surface area contributed by atoms with Crippen molar-refractivity contribution in [1.82, 2.24) is 15.2 Å². The zero-order valence-electron chi connectivity index (χ0n) is 12.2. The van der Waals surface area contributed by atoms with Crippen LogP contribution in [0.4, 0.5) is 4.79 Å². The van der Waals surface area contributed by atoms with Gasteiger partial charge in [-0.2, -0.15) is 0 Å². The molecule has 1 aliphatic heterocycles. The third kappa shape index (κ3) is 4.18. The molecule has 0 aromatic carbocycles. The third-order valence-corrected chi connectivity index (χ3v) is 4.48. The number of carbonyl (C=O) groups is 1. The second-order valence-corrected chi connectivity index (χ2v) is 6.08. The molecule has 1 saturated heterocycles. The van der Waals surface area contributed by atoms with Crippen LogP contribution in [0.2, 0.25) is 0 Å². The van der Waals surface area contributed by atoms with E-state index < -0.39 is 0 Å². The molecule has 0 radical (unpaired) electrons. The zero-order valence-corrected chi connectivity index (χ0v) is 13.0. The summed E-state index contributed by atoms with van der Waals surface area (Å²) < 4.78 is 5.47. The van der Waals surface area contributed by atoms with Crippen molar-refractivity contribution in [3.05, 3.63) is 16.6 Å². The van der Waals surface area contributed by atoms with E-state index in [-0.39, 0.29) is 12.1 Å². The minimum atomic E-state index is -0.0326. The molecule has 0 unspecified atom stereocenters. The third-order valence-electron chi connectivity index (χ3n) is 3.53. The Kier molecular flexibility index (Phi) is 5.79. The highest BCUT2D eigenvalue weighted by Gasteiger charge is 2.25. The Morgan fingerprint density at radius 3 is 3.25 bits per heavy atom. The molecule has 112 valence electrons. The average molecular weight is 297 g/mol. The van der Waals surface area contributed by atoms with Gasteiger partial charge in [0.1, 0.15) is 5.01 Å². The predicted molar refractivity (Wildman–Crippen MR) is 79.9 cm³/mol. The molecule has 0 spiro atoms. The molecule has 0 aliphatic carbocycles. The maximum absolute atomic E-state index is 12.3. The number of nitrogens with one attached hydrogen (secondary N) is 1. The first-order chi connectivity index (χ1) is 9.70. The summed E-state index contributed by atoms with van der Waals surface area (Å²) in [5, 5.41) is 5.90. The molecule has 2 heterocycles. The Labute approximate surface area is 124 Å². The number of aromatic nitrogens is 1. The van der Waals surface area contributed by atoms with Gasteiger partial charge in [-0.1, -0.05) is 0 Å². The van der Waals surface area contributed by atoms with E-state index in [0.29, 0.717) is 5.92 Å². The van der Waals surface area contributed by atoms with E-state index in [9.17, 15) is 4.79 Å². The molecule has 2 rings (SSSR count). The van der Waals surface area contributed by atoms with Crippen molar-refractivity contribution in [1.29, 1.82) is 0 Å². The molecular weight excluding hydrogens is 274 g/mol. The maximum atomic E-state index is 12.3. The average Bonchev–Trinajstić information content (AvgIpc) is 2.99. The van der Waals surface area contributed by atoms with Crippen LogP contribution in [-0.4, -0.2) is 42.2 Å². The lowest BCUT2D eigenvalue weighted by Crippen LogP contribution is -2.46. The minimum Gasteiger partial charge on any atom is -0.381 e. The molecule has 20 heavy (non-hydrogen) atoms. The summed E-state index contributed by atoms with van der Waals surface area (Å²) >= 11 is 1.57. The van der Waals surface area contributed by atoms with Crippen LogP contribution in [0.3, 0.4) is 0 Å². The van der Waals surface area contributed by atoms with Crippen LogP contribution in [0.25, 0.3) is 0 Å². The van der Waals surface area contributed by atoms with E-state index >= 15 is 0 Å². The molecule has 0 saturated carbocycles. The van der Waals surface area contributed by atoms with E-state index in [2.05, 4.69) is 10.3 Å². The summed E-state index contributed by atoms with van der Waals surface area (Å²) in [5.74, 6) is 0.463. The van der Waals surface area contributed by atoms with Crippen LogP contribution in [0.1, 0.15) is 37.7 Å². The van der Waals surface area contributed by atoms with Crippen LogP contribution in [0.15, 0.2) is 11.6 Å². The zero-order chi connectivity index (χ0) is 14.4. The van der Waals surface area contributed by atoms with Crippen LogP contribution >= 0.6 is 11.3 Å². The lowest BCUT2D eigenvalue weighted by molar-refractivity contribution is 0.0752. The van der Waals surface area contributed by atoms with Crippen molar-refractivity contribution in [2.75, 3.05) is 26.3 Å². The van der Waals surface area contributed by atoms with Gasteiger partial charge in [0.2, 0.25) is 0 Å². The molecular formula is C14H23N3O2S. The number of hydrogen-bond donors (Lipinski definition) is 1. The molecule has 0 bridgehead atoms. The summed E-state index contributed by atoms with van der Waals surface area (Å²) in [5.41, 5.74) is 0. The van der Waals surface area contributed by atoms with E-state index in [1.807, 2.05) is 24.1 Å². The number of nitrogens with zero attached hydrogens (tertiary/aromatic N) is 2. The predicted octanol–water partition coefficient (Wildman–Crippen LogP) is 2.66. The number of hydrogen-bond acceptors (Lipinski definition) is 4. The van der Waals surface area contributed by atoms with Crippen LogP contribution in [0.5, 0.6) is 0 Å². The number of amides is 2. The largest absolute Gasteiger partial charge is 0.381 e. The van der Waals surface area contributed by atoms with Crippen molar-refractivity contribution in [2.45, 2.75) is 32.7 Å². The van der Waals surface area contributed by atoms with Crippen molar-refractivity contribution >= 4 is 17.4 Å². The van der Waals surface area contributed by atoms with Gasteiger partial charge in [-0.05, 0) is 26.7 Å². The van der Waals surface area contributed by atoms with E-state index in [4.69, 9.17) is 4.74 Å². The van der Waals surface area contributed by atoms with Crippen LogP contribution < -0.4 is 5.32 Å². The molecule has 1 aliphatic rings. The van der Waals surface area contributed by atoms with Gasteiger partial charge in [-0.25, -0.2) is 9.78 Å². The van der Waals surface area contributed by atoms with E-state index in [0.717, 1.165) is 44.2 Å². The maximum Gasteiger partial charge on any atom is 0.317 e. The van der Waals surface area contributed by atoms with Crippen molar-refractivity contribution in [3.8, 4) is 0 Å². The summed E-state index contributed by atoms with van der Waals surface area (Å²) in [7, 11) is 0. The van der Waals surface area contributed by atoms with Gasteiger partial charge in [-0.3, -0.25) is 0 Å². The Morgan fingerprint density at radius 1 is 1.70 bits per heavy atom. The Hall–Kier alpha value is -1.14. The number of carbonyl (C=O) groups excluding carboxylic acids is 1. The fourth-order valence-electron chi connectivity index (χ4n) is 2.46. The van der Waals surface area contributed by atoms with Crippen LogP contribution in [-0.2, 0) is 4.74 Å². The van der Waals surface area contributed by atoms with Crippen molar-refractivity contribution in [3.63, 3.8) is 0 Å². The van der Waals surface area contributed by atoms with Gasteiger partial charge in [0, 0.05) is 37.2 Å². The molecule has 1 aromatic heterocycles. The molecule has 2 amide bonds. The fourth-order valence-corrected chi connectivity index (χ4v) is 3.10. The summed E-state index contributed by atoms with van der Waals surface area (Å²) in [4.78, 5) is 18.4. The van der Waals surface area contributed by atoms with Gasteiger partial charge in [0.25, 0.3) is 0 Å². The summed E-state index contributed by atoms with van der Waals surface area (Å²) in [6.07, 6.45) is 3.96. The monoisotopic (exact) mass is 297 g/mol. The first-order valence-corrected chi connectivity index (χ1v) is 8.11. The van der Waals surface area contributed by atoms with Gasteiger partial charge in [0.15, 0.2) is 0 Å². The van der Waals surface area contributed by atoms with Crippen LogP contribution in [0, 0.1) is 5.92 Å². The first-order valence-electron chi connectivity index (χ1n) is 7.23. The molecule has 6 heteroatoms. The minimum absolute atomic E-state index is 0.00824. The van der Waals surface area contributed by atoms with Gasteiger partial charge in [-0.15, -0.1) is 11.3 Å². The first kappa shape index (κ1) is 15.3. The Morgan fingerprint density at radius 2 is 2.55 bits per heavy atom. The number of thiazole rings is 1. The molecule has 5 nitrogen and oxygen atoms in total. The highest BCUT2D eigenvalue weighted by Crippen LogP contribution is 2.19.